The van der Waals surface area contributed by atoms with Crippen LogP contribution in [0.15, 0.2) is 54.6 Å². The van der Waals surface area contributed by atoms with Crippen molar-refractivity contribution in [3.8, 4) is 5.75 Å². The van der Waals surface area contributed by atoms with Crippen LogP contribution in [-0.2, 0) is 36.8 Å². The molecule has 39 heavy (non-hydrogen) atoms. The van der Waals surface area contributed by atoms with Crippen molar-refractivity contribution in [1.29, 1.82) is 0 Å². The third-order valence-corrected chi connectivity index (χ3v) is 7.25. The Balaban J connectivity index is 1.85. The van der Waals surface area contributed by atoms with E-state index >= 15 is 0 Å². The number of ether oxygens (including phenoxy) is 2. The van der Waals surface area contributed by atoms with Crippen molar-refractivity contribution >= 4 is 23.5 Å². The summed E-state index contributed by atoms with van der Waals surface area (Å²) in [5, 5.41) is 5.69. The molecule has 3 rings (SSSR count). The Morgan fingerprint density at radius 1 is 0.897 bits per heavy atom. The highest BCUT2D eigenvalue weighted by Crippen LogP contribution is 2.29. The molecule has 4 N–H and O–H groups in total. The quantitative estimate of drug-likeness (QED) is 0.316. The van der Waals surface area contributed by atoms with Gasteiger partial charge in [0.1, 0.15) is 17.4 Å². The molecule has 5 atom stereocenters. The molecule has 2 aromatic carbocycles. The predicted molar refractivity (Wildman–Crippen MR) is 147 cm³/mol. The van der Waals surface area contributed by atoms with E-state index < -0.39 is 47.2 Å². The number of methoxy groups -OCH3 is 1. The summed E-state index contributed by atoms with van der Waals surface area (Å²) in [6.45, 7) is 7.26. The number of rotatable bonds is 14. The number of Topliss-reactive ketones (excluding diaryl/α,β-unsaturated/α-hetero) is 1. The first-order chi connectivity index (χ1) is 18.4. The number of amides is 3. The number of ketones is 1. The van der Waals surface area contributed by atoms with Gasteiger partial charge in [-0.05, 0) is 42.5 Å². The van der Waals surface area contributed by atoms with Gasteiger partial charge >= 0.3 is 0 Å². The minimum absolute atomic E-state index is 0.163. The molecular formula is C30H39N3O6. The van der Waals surface area contributed by atoms with Gasteiger partial charge in [0, 0.05) is 12.3 Å². The summed E-state index contributed by atoms with van der Waals surface area (Å²) in [6.07, 6.45) is 0.443. The topological polar surface area (TPSA) is 140 Å². The third kappa shape index (κ3) is 7.89. The second-order valence-corrected chi connectivity index (χ2v) is 10.7. The molecule has 9 nitrogen and oxygen atoms in total. The molecule has 1 fully saturated rings. The maximum absolute atomic E-state index is 13.7. The van der Waals surface area contributed by atoms with Crippen molar-refractivity contribution in [2.75, 3.05) is 13.7 Å². The minimum Gasteiger partial charge on any atom is -0.497 e. The second-order valence-electron chi connectivity index (χ2n) is 10.7. The average Bonchev–Trinajstić information content (AvgIpc) is 3.66. The van der Waals surface area contributed by atoms with Crippen LogP contribution in [0.25, 0.3) is 0 Å². The van der Waals surface area contributed by atoms with E-state index in [1.165, 1.54) is 0 Å². The first-order valence-corrected chi connectivity index (χ1v) is 13.2. The van der Waals surface area contributed by atoms with Crippen molar-refractivity contribution in [2.24, 2.45) is 23.5 Å². The van der Waals surface area contributed by atoms with Gasteiger partial charge in [0.2, 0.25) is 17.7 Å². The fourth-order valence-corrected chi connectivity index (χ4v) is 4.78. The predicted octanol–water partition coefficient (Wildman–Crippen LogP) is 2.20. The van der Waals surface area contributed by atoms with Crippen LogP contribution in [0, 0.1) is 17.8 Å². The number of nitrogens with one attached hydrogen (secondary N) is 2. The summed E-state index contributed by atoms with van der Waals surface area (Å²) in [4.78, 5) is 52.3. The summed E-state index contributed by atoms with van der Waals surface area (Å²) in [5.74, 6) is -2.74. The third-order valence-electron chi connectivity index (χ3n) is 7.25. The number of benzene rings is 2. The van der Waals surface area contributed by atoms with E-state index in [9.17, 15) is 19.2 Å². The Bertz CT molecular complexity index is 1160. The average molecular weight is 538 g/mol. The Hall–Kier alpha value is -3.72. The van der Waals surface area contributed by atoms with E-state index in [4.69, 9.17) is 15.2 Å². The lowest BCUT2D eigenvalue weighted by Gasteiger charge is -2.28. The Morgan fingerprint density at radius 3 is 1.95 bits per heavy atom. The molecule has 3 amide bonds. The normalized spacial score (nSPS) is 19.3. The van der Waals surface area contributed by atoms with Crippen LogP contribution in [-0.4, -0.2) is 54.9 Å². The van der Waals surface area contributed by atoms with E-state index in [0.717, 1.165) is 11.1 Å². The smallest absolute Gasteiger partial charge is 0.243 e. The van der Waals surface area contributed by atoms with Crippen molar-refractivity contribution in [1.82, 2.24) is 10.6 Å². The number of epoxide rings is 1. The first kappa shape index (κ1) is 29.8. The van der Waals surface area contributed by atoms with Crippen LogP contribution in [0.1, 0.15) is 38.8 Å². The zero-order valence-electron chi connectivity index (χ0n) is 23.2. The fraction of sp³-hybridized carbons (Fsp3) is 0.467. The molecule has 0 spiro atoms. The van der Waals surface area contributed by atoms with Crippen LogP contribution in [0.2, 0.25) is 0 Å². The largest absolute Gasteiger partial charge is 0.497 e. The molecule has 0 bridgehead atoms. The highest BCUT2D eigenvalue weighted by Gasteiger charge is 2.50. The van der Waals surface area contributed by atoms with Gasteiger partial charge < -0.3 is 25.8 Å². The van der Waals surface area contributed by atoms with Crippen molar-refractivity contribution in [2.45, 2.75) is 58.2 Å². The molecule has 1 aliphatic rings. The number of carbonyl (C=O) groups is 4. The molecule has 9 heteroatoms. The summed E-state index contributed by atoms with van der Waals surface area (Å²) in [7, 11) is 1.56. The zero-order valence-corrected chi connectivity index (χ0v) is 23.2. The SMILES string of the molecule is COc1ccc(C[C@H](NC(=O)[C@H](C)C(C(N)=O)C(C)C)C(=O)N[C@@H](Cc2ccccc2)C(=O)[C@@]2(C)CO2)cc1. The van der Waals surface area contributed by atoms with Gasteiger partial charge in [-0.1, -0.05) is 63.2 Å². The number of hydrogen-bond donors (Lipinski definition) is 3. The number of hydrogen-bond acceptors (Lipinski definition) is 6. The Labute approximate surface area is 229 Å². The van der Waals surface area contributed by atoms with Gasteiger partial charge in [0.15, 0.2) is 5.78 Å². The standard InChI is InChI=1S/C30H39N3O6/c1-18(2)25(27(31)35)19(3)28(36)33-24(16-21-11-13-22(38-5)14-12-21)29(37)32-23(26(34)30(4)17-39-30)15-20-9-7-6-8-10-20/h6-14,18-19,23-25H,15-17H2,1-5H3,(H2,31,35)(H,32,37)(H,33,36)/t19-,23+,24+,25?,30-/m1/s1. The van der Waals surface area contributed by atoms with Crippen molar-refractivity contribution in [3.63, 3.8) is 0 Å². The van der Waals surface area contributed by atoms with Crippen LogP contribution < -0.4 is 21.1 Å². The number of primary amides is 1. The Morgan fingerprint density at radius 2 is 1.44 bits per heavy atom. The molecule has 0 radical (unpaired) electrons. The first-order valence-electron chi connectivity index (χ1n) is 13.2. The molecule has 1 heterocycles. The summed E-state index contributed by atoms with van der Waals surface area (Å²) < 4.78 is 10.6. The van der Waals surface area contributed by atoms with Crippen molar-refractivity contribution in [3.05, 3.63) is 65.7 Å². The zero-order chi connectivity index (χ0) is 28.7. The van der Waals surface area contributed by atoms with E-state index in [2.05, 4.69) is 10.6 Å². The monoisotopic (exact) mass is 537 g/mol. The molecule has 210 valence electrons. The number of carbonyl (C=O) groups excluding carboxylic acids is 4. The van der Waals surface area contributed by atoms with Crippen LogP contribution in [0.3, 0.4) is 0 Å². The molecule has 0 aliphatic carbocycles. The molecule has 0 aromatic heterocycles. The molecule has 1 saturated heterocycles. The van der Waals surface area contributed by atoms with Gasteiger partial charge in [0.05, 0.1) is 25.7 Å². The number of nitrogens with two attached hydrogens (primary N) is 1. The highest BCUT2D eigenvalue weighted by molar-refractivity contribution is 5.98. The van der Waals surface area contributed by atoms with Crippen molar-refractivity contribution < 1.29 is 28.7 Å². The van der Waals surface area contributed by atoms with Crippen LogP contribution in [0.5, 0.6) is 5.75 Å². The lowest BCUT2D eigenvalue weighted by molar-refractivity contribution is -0.137. The summed E-state index contributed by atoms with van der Waals surface area (Å²) in [6, 6.07) is 14.7. The maximum atomic E-state index is 13.7. The molecule has 1 unspecified atom stereocenters. The van der Waals surface area contributed by atoms with Gasteiger partial charge in [-0.2, -0.15) is 0 Å². The van der Waals surface area contributed by atoms with Gasteiger partial charge in [-0.3, -0.25) is 19.2 Å². The summed E-state index contributed by atoms with van der Waals surface area (Å²) >= 11 is 0. The fourth-order valence-electron chi connectivity index (χ4n) is 4.78. The van der Waals surface area contributed by atoms with E-state index in [1.54, 1.807) is 45.2 Å². The van der Waals surface area contributed by atoms with E-state index in [1.807, 2.05) is 44.2 Å². The van der Waals surface area contributed by atoms with Gasteiger partial charge in [-0.25, -0.2) is 0 Å². The second kappa shape index (κ2) is 12.9. The molecule has 0 saturated carbocycles. The lowest BCUT2D eigenvalue weighted by atomic mass is 9.83. The van der Waals surface area contributed by atoms with E-state index in [-0.39, 0.29) is 24.5 Å². The van der Waals surface area contributed by atoms with Crippen LogP contribution in [0.4, 0.5) is 0 Å². The Kier molecular flexibility index (Phi) is 9.86. The van der Waals surface area contributed by atoms with E-state index in [0.29, 0.717) is 12.4 Å². The van der Waals surface area contributed by atoms with Gasteiger partial charge in [-0.15, -0.1) is 0 Å². The minimum atomic E-state index is -1.01. The summed E-state index contributed by atoms with van der Waals surface area (Å²) in [5.41, 5.74) is 6.30. The van der Waals surface area contributed by atoms with Gasteiger partial charge in [0.25, 0.3) is 0 Å². The highest BCUT2D eigenvalue weighted by atomic mass is 16.6. The van der Waals surface area contributed by atoms with Crippen LogP contribution >= 0.6 is 0 Å². The molecule has 1 aliphatic heterocycles. The molecular weight excluding hydrogens is 498 g/mol. The lowest BCUT2D eigenvalue weighted by Crippen LogP contribution is -2.56. The molecule has 2 aromatic rings. The maximum Gasteiger partial charge on any atom is 0.243 e.